The SMILES string of the molecule is O=C(O)CC(c1ccccc1)n1cnc2cc(NC(=O)c3ccc(C4CCCCC4)cc3)ccc21. The molecule has 1 amide bonds. The van der Waals surface area contributed by atoms with E-state index in [1.165, 1.54) is 37.7 Å². The highest BCUT2D eigenvalue weighted by molar-refractivity contribution is 6.05. The van der Waals surface area contributed by atoms with Crippen molar-refractivity contribution in [2.75, 3.05) is 5.32 Å². The number of anilines is 1. The van der Waals surface area contributed by atoms with E-state index in [1.807, 2.05) is 65.2 Å². The molecule has 5 rings (SSSR count). The van der Waals surface area contributed by atoms with Gasteiger partial charge in [0.2, 0.25) is 0 Å². The molecule has 3 aromatic carbocycles. The Morgan fingerprint density at radius 1 is 0.971 bits per heavy atom. The Kier molecular flexibility index (Phi) is 6.62. The Balaban J connectivity index is 1.34. The minimum absolute atomic E-state index is 0.0508. The maximum atomic E-state index is 12.9. The van der Waals surface area contributed by atoms with Crippen molar-refractivity contribution in [3.05, 3.63) is 95.8 Å². The normalized spacial score (nSPS) is 15.1. The van der Waals surface area contributed by atoms with Crippen molar-refractivity contribution in [2.24, 2.45) is 0 Å². The second-order valence-corrected chi connectivity index (χ2v) is 9.29. The second-order valence-electron chi connectivity index (χ2n) is 9.29. The van der Waals surface area contributed by atoms with Crippen LogP contribution in [0.5, 0.6) is 0 Å². The van der Waals surface area contributed by atoms with Gasteiger partial charge >= 0.3 is 5.97 Å². The van der Waals surface area contributed by atoms with Gasteiger partial charge < -0.3 is 15.0 Å². The van der Waals surface area contributed by atoms with Gasteiger partial charge in [0.05, 0.1) is 29.8 Å². The maximum Gasteiger partial charge on any atom is 0.305 e. The molecule has 1 heterocycles. The third-order valence-corrected chi connectivity index (χ3v) is 6.97. The molecule has 0 aliphatic heterocycles. The first-order valence-electron chi connectivity index (χ1n) is 12.2. The molecule has 1 aliphatic rings. The average Bonchev–Trinajstić information content (AvgIpc) is 3.31. The number of benzene rings is 3. The molecular formula is C29H29N3O3. The third kappa shape index (κ3) is 5.11. The summed E-state index contributed by atoms with van der Waals surface area (Å²) in [5.41, 5.74) is 5.02. The molecule has 1 aliphatic carbocycles. The number of carboxylic acid groups (broad SMARTS) is 1. The number of amides is 1. The number of carboxylic acids is 1. The van der Waals surface area contributed by atoms with E-state index in [-0.39, 0.29) is 18.4 Å². The fourth-order valence-corrected chi connectivity index (χ4v) is 5.12. The van der Waals surface area contributed by atoms with Gasteiger partial charge in [-0.2, -0.15) is 0 Å². The molecule has 1 saturated carbocycles. The first-order chi connectivity index (χ1) is 17.1. The predicted octanol–water partition coefficient (Wildman–Crippen LogP) is 6.40. The van der Waals surface area contributed by atoms with Crippen LogP contribution >= 0.6 is 0 Å². The number of nitrogens with zero attached hydrogens (tertiary/aromatic N) is 2. The van der Waals surface area contributed by atoms with E-state index in [2.05, 4.69) is 22.4 Å². The molecule has 1 fully saturated rings. The number of aromatic nitrogens is 2. The largest absolute Gasteiger partial charge is 0.481 e. The van der Waals surface area contributed by atoms with Gasteiger partial charge in [-0.15, -0.1) is 0 Å². The van der Waals surface area contributed by atoms with Crippen LogP contribution in [0.3, 0.4) is 0 Å². The summed E-state index contributed by atoms with van der Waals surface area (Å²) in [5, 5.41) is 12.4. The Labute approximate surface area is 204 Å². The number of hydrogen-bond donors (Lipinski definition) is 2. The van der Waals surface area contributed by atoms with E-state index in [4.69, 9.17) is 0 Å². The quantitative estimate of drug-likeness (QED) is 0.329. The summed E-state index contributed by atoms with van der Waals surface area (Å²) < 4.78 is 1.88. The number of carbonyl (C=O) groups excluding carboxylic acids is 1. The molecule has 6 nitrogen and oxygen atoms in total. The van der Waals surface area contributed by atoms with Crippen molar-refractivity contribution in [3.8, 4) is 0 Å². The zero-order valence-electron chi connectivity index (χ0n) is 19.6. The molecule has 0 radical (unpaired) electrons. The van der Waals surface area contributed by atoms with Gasteiger partial charge in [-0.1, -0.05) is 61.7 Å². The highest BCUT2D eigenvalue weighted by atomic mass is 16.4. The monoisotopic (exact) mass is 467 g/mol. The summed E-state index contributed by atoms with van der Waals surface area (Å²) >= 11 is 0. The standard InChI is InChI=1S/C29H29N3O3/c33-28(34)18-27(22-9-5-2-6-10-22)32-19-30-25-17-24(15-16-26(25)32)31-29(35)23-13-11-21(12-14-23)20-7-3-1-4-8-20/h2,5-6,9-17,19-20,27H,1,3-4,7-8,18H2,(H,31,35)(H,33,34). The van der Waals surface area contributed by atoms with Crippen LogP contribution in [0.15, 0.2) is 79.1 Å². The molecule has 0 saturated heterocycles. The number of carbonyl (C=O) groups is 2. The molecule has 1 atom stereocenters. The molecule has 2 N–H and O–H groups in total. The van der Waals surface area contributed by atoms with E-state index in [9.17, 15) is 14.7 Å². The van der Waals surface area contributed by atoms with E-state index < -0.39 is 5.97 Å². The smallest absolute Gasteiger partial charge is 0.305 e. The van der Waals surface area contributed by atoms with Gasteiger partial charge in [-0.3, -0.25) is 9.59 Å². The minimum atomic E-state index is -0.876. The van der Waals surface area contributed by atoms with Crippen LogP contribution in [0.2, 0.25) is 0 Å². The number of hydrogen-bond acceptors (Lipinski definition) is 3. The second kappa shape index (κ2) is 10.1. The number of aliphatic carboxylic acids is 1. The molecular weight excluding hydrogens is 438 g/mol. The maximum absolute atomic E-state index is 12.9. The summed E-state index contributed by atoms with van der Waals surface area (Å²) in [5.74, 6) is -0.426. The lowest BCUT2D eigenvalue weighted by molar-refractivity contribution is -0.137. The Morgan fingerprint density at radius 2 is 1.71 bits per heavy atom. The van der Waals surface area contributed by atoms with Crippen molar-refractivity contribution in [1.29, 1.82) is 0 Å². The van der Waals surface area contributed by atoms with Gasteiger partial charge in [-0.25, -0.2) is 4.98 Å². The zero-order valence-corrected chi connectivity index (χ0v) is 19.6. The molecule has 1 aromatic heterocycles. The van der Waals surface area contributed by atoms with Crippen LogP contribution in [0, 0.1) is 0 Å². The summed E-state index contributed by atoms with van der Waals surface area (Å²) in [6, 6.07) is 22.7. The molecule has 178 valence electrons. The van der Waals surface area contributed by atoms with E-state index in [0.29, 0.717) is 22.7 Å². The van der Waals surface area contributed by atoms with Crippen molar-refractivity contribution in [2.45, 2.75) is 50.5 Å². The lowest BCUT2D eigenvalue weighted by atomic mass is 9.84. The number of imidazole rings is 1. The third-order valence-electron chi connectivity index (χ3n) is 6.97. The molecule has 0 bridgehead atoms. The first-order valence-corrected chi connectivity index (χ1v) is 12.2. The lowest BCUT2D eigenvalue weighted by Crippen LogP contribution is -2.14. The van der Waals surface area contributed by atoms with E-state index in [0.717, 1.165) is 11.1 Å². The molecule has 4 aromatic rings. The minimum Gasteiger partial charge on any atom is -0.481 e. The summed E-state index contributed by atoms with van der Waals surface area (Å²) in [7, 11) is 0. The fourth-order valence-electron chi connectivity index (χ4n) is 5.12. The van der Waals surface area contributed by atoms with Crippen molar-refractivity contribution < 1.29 is 14.7 Å². The molecule has 35 heavy (non-hydrogen) atoms. The van der Waals surface area contributed by atoms with Crippen LogP contribution in [-0.4, -0.2) is 26.5 Å². The first kappa shape index (κ1) is 22.8. The summed E-state index contributed by atoms with van der Waals surface area (Å²) in [4.78, 5) is 28.9. The highest BCUT2D eigenvalue weighted by Crippen LogP contribution is 2.33. The van der Waals surface area contributed by atoms with Gasteiger partial charge in [0.1, 0.15) is 0 Å². The van der Waals surface area contributed by atoms with Gasteiger partial charge in [0, 0.05) is 11.3 Å². The number of nitrogens with one attached hydrogen (secondary N) is 1. The fraction of sp³-hybridized carbons (Fsp3) is 0.276. The topological polar surface area (TPSA) is 84.2 Å². The average molecular weight is 468 g/mol. The Hall–Kier alpha value is -3.93. The number of rotatable bonds is 7. The lowest BCUT2D eigenvalue weighted by Gasteiger charge is -2.22. The van der Waals surface area contributed by atoms with E-state index in [1.54, 1.807) is 6.33 Å². The van der Waals surface area contributed by atoms with Gasteiger partial charge in [-0.05, 0) is 60.2 Å². The van der Waals surface area contributed by atoms with Gasteiger partial charge in [0.25, 0.3) is 5.91 Å². The van der Waals surface area contributed by atoms with Crippen LogP contribution in [0.4, 0.5) is 5.69 Å². The zero-order chi connectivity index (χ0) is 24.2. The van der Waals surface area contributed by atoms with Crippen LogP contribution in [0.1, 0.15) is 72.0 Å². The molecule has 0 spiro atoms. The van der Waals surface area contributed by atoms with Crippen molar-refractivity contribution >= 4 is 28.6 Å². The van der Waals surface area contributed by atoms with Gasteiger partial charge in [0.15, 0.2) is 0 Å². The number of fused-ring (bicyclic) bond motifs is 1. The van der Waals surface area contributed by atoms with Crippen LogP contribution in [0.25, 0.3) is 11.0 Å². The summed E-state index contributed by atoms with van der Waals surface area (Å²) in [6.45, 7) is 0. The highest BCUT2D eigenvalue weighted by Gasteiger charge is 2.20. The van der Waals surface area contributed by atoms with Crippen LogP contribution < -0.4 is 5.32 Å². The molecule has 6 heteroatoms. The van der Waals surface area contributed by atoms with Crippen molar-refractivity contribution in [3.63, 3.8) is 0 Å². The predicted molar refractivity (Wildman–Crippen MR) is 137 cm³/mol. The molecule has 1 unspecified atom stereocenters. The van der Waals surface area contributed by atoms with Crippen molar-refractivity contribution in [1.82, 2.24) is 9.55 Å². The summed E-state index contributed by atoms with van der Waals surface area (Å²) in [6.07, 6.45) is 7.98. The van der Waals surface area contributed by atoms with E-state index >= 15 is 0 Å². The van der Waals surface area contributed by atoms with Crippen LogP contribution in [-0.2, 0) is 4.79 Å². The Morgan fingerprint density at radius 3 is 2.43 bits per heavy atom. The Bertz CT molecular complexity index is 1320.